The van der Waals surface area contributed by atoms with Crippen LogP contribution in [0.5, 0.6) is 0 Å². The van der Waals surface area contributed by atoms with E-state index in [0.29, 0.717) is 48.7 Å². The molecule has 2 aromatic heterocycles. The summed E-state index contributed by atoms with van der Waals surface area (Å²) in [6.07, 6.45) is 0.0175. The Morgan fingerprint density at radius 1 is 1.33 bits per heavy atom. The van der Waals surface area contributed by atoms with Crippen LogP contribution in [0.2, 0.25) is 0 Å². The highest BCUT2D eigenvalue weighted by Gasteiger charge is 2.19. The van der Waals surface area contributed by atoms with Crippen LogP contribution in [0.3, 0.4) is 0 Å². The first kappa shape index (κ1) is 17.0. The fourth-order valence-electron chi connectivity index (χ4n) is 3.29. The van der Waals surface area contributed by atoms with Gasteiger partial charge in [0.05, 0.1) is 41.9 Å². The molecule has 10 heteroatoms. The Kier molecular flexibility index (Phi) is 4.21. The highest BCUT2D eigenvalue weighted by Crippen LogP contribution is 2.27. The molecule has 2 N–H and O–H groups in total. The number of aromatic nitrogens is 4. The number of hydrogen-bond donors (Lipinski definition) is 2. The first-order valence-electron chi connectivity index (χ1n) is 8.47. The Labute approximate surface area is 152 Å². The summed E-state index contributed by atoms with van der Waals surface area (Å²) in [4.78, 5) is 28.0. The van der Waals surface area contributed by atoms with Crippen molar-refractivity contribution in [3.8, 4) is 6.07 Å². The van der Waals surface area contributed by atoms with Gasteiger partial charge in [0, 0.05) is 19.5 Å². The zero-order valence-electron chi connectivity index (χ0n) is 14.3. The van der Waals surface area contributed by atoms with E-state index in [4.69, 9.17) is 9.84 Å². The molecule has 3 aromatic rings. The number of carboxylic acids is 1. The fraction of sp³-hybridized carbons (Fsp3) is 0.353. The van der Waals surface area contributed by atoms with Gasteiger partial charge >= 0.3 is 5.97 Å². The Hall–Kier alpha value is -3.45. The number of anilines is 1. The lowest BCUT2D eigenvalue weighted by molar-refractivity contribution is -0.137. The molecule has 0 unspecified atom stereocenters. The van der Waals surface area contributed by atoms with Crippen LogP contribution in [-0.2, 0) is 16.0 Å². The third kappa shape index (κ3) is 2.98. The van der Waals surface area contributed by atoms with Gasteiger partial charge in [-0.3, -0.25) is 14.0 Å². The maximum absolute atomic E-state index is 12.3. The van der Waals surface area contributed by atoms with E-state index in [2.05, 4.69) is 26.2 Å². The molecule has 1 aromatic carbocycles. The van der Waals surface area contributed by atoms with E-state index in [-0.39, 0.29) is 18.5 Å². The molecule has 0 atom stereocenters. The Bertz CT molecular complexity index is 1140. The summed E-state index contributed by atoms with van der Waals surface area (Å²) in [5, 5.41) is 26.4. The maximum atomic E-state index is 12.3. The molecule has 1 fully saturated rings. The van der Waals surface area contributed by atoms with Crippen molar-refractivity contribution >= 4 is 28.3 Å². The quantitative estimate of drug-likeness (QED) is 0.671. The van der Waals surface area contributed by atoms with E-state index < -0.39 is 11.5 Å². The summed E-state index contributed by atoms with van der Waals surface area (Å²) in [6.45, 7) is 2.45. The molecule has 0 saturated carbocycles. The molecular formula is C17H16N6O4. The predicted molar refractivity (Wildman–Crippen MR) is 94.8 cm³/mol. The van der Waals surface area contributed by atoms with E-state index in [0.717, 1.165) is 5.69 Å². The van der Waals surface area contributed by atoms with Crippen LogP contribution < -0.4 is 10.5 Å². The van der Waals surface area contributed by atoms with E-state index >= 15 is 0 Å². The standard InChI is InChI=1S/C17H16N6O4/c18-9-10-7-11-13(8-12(10)22-3-5-27-6-4-22)23-14(1-2-15(24)25)20-21-16(23)17(26)19-11/h7-8H,1-6H2,(H,19,26)(H,24,25). The van der Waals surface area contributed by atoms with Crippen molar-refractivity contribution in [3.05, 3.63) is 33.9 Å². The predicted octanol–water partition coefficient (Wildman–Crippen LogP) is 0.296. The number of morpholine rings is 1. The third-order valence-electron chi connectivity index (χ3n) is 4.57. The number of hydrogen-bond acceptors (Lipinski definition) is 7. The van der Waals surface area contributed by atoms with Crippen molar-refractivity contribution in [2.75, 3.05) is 31.2 Å². The summed E-state index contributed by atoms with van der Waals surface area (Å²) in [5.41, 5.74) is 1.92. The Morgan fingerprint density at radius 2 is 2.11 bits per heavy atom. The molecule has 1 aliphatic heterocycles. The lowest BCUT2D eigenvalue weighted by Gasteiger charge is -2.29. The van der Waals surface area contributed by atoms with Crippen LogP contribution in [0.15, 0.2) is 16.9 Å². The molecule has 0 amide bonds. The lowest BCUT2D eigenvalue weighted by Crippen LogP contribution is -2.36. The molecule has 27 heavy (non-hydrogen) atoms. The highest BCUT2D eigenvalue weighted by molar-refractivity contribution is 5.85. The fourth-order valence-corrected chi connectivity index (χ4v) is 3.29. The number of nitrogens with one attached hydrogen (secondary N) is 1. The van der Waals surface area contributed by atoms with Gasteiger partial charge in [0.2, 0.25) is 5.65 Å². The van der Waals surface area contributed by atoms with Crippen LogP contribution in [0, 0.1) is 11.3 Å². The number of aryl methyl sites for hydroxylation is 1. The van der Waals surface area contributed by atoms with Crippen molar-refractivity contribution in [2.45, 2.75) is 12.8 Å². The second-order valence-electron chi connectivity index (χ2n) is 6.22. The first-order valence-corrected chi connectivity index (χ1v) is 8.47. The molecule has 4 rings (SSSR count). The van der Waals surface area contributed by atoms with Crippen molar-refractivity contribution in [1.29, 1.82) is 5.26 Å². The second kappa shape index (κ2) is 6.69. The molecule has 3 heterocycles. The van der Waals surface area contributed by atoms with Gasteiger partial charge in [0.1, 0.15) is 11.9 Å². The number of ether oxygens (including phenoxy) is 1. The summed E-state index contributed by atoms with van der Waals surface area (Å²) >= 11 is 0. The van der Waals surface area contributed by atoms with E-state index in [1.807, 2.05) is 6.07 Å². The number of aliphatic carboxylic acids is 1. The smallest absolute Gasteiger partial charge is 0.303 e. The van der Waals surface area contributed by atoms with E-state index in [1.165, 1.54) is 0 Å². The van der Waals surface area contributed by atoms with Crippen LogP contribution >= 0.6 is 0 Å². The normalized spacial score (nSPS) is 14.6. The zero-order valence-corrected chi connectivity index (χ0v) is 14.3. The monoisotopic (exact) mass is 368 g/mol. The summed E-state index contributed by atoms with van der Waals surface area (Å²) < 4.78 is 6.95. The van der Waals surface area contributed by atoms with Crippen LogP contribution in [0.1, 0.15) is 17.8 Å². The van der Waals surface area contributed by atoms with Crippen LogP contribution in [-0.4, -0.2) is 57.0 Å². The van der Waals surface area contributed by atoms with Gasteiger partial charge in [-0.15, -0.1) is 10.2 Å². The summed E-state index contributed by atoms with van der Waals surface area (Å²) in [5.74, 6) is -0.567. The Morgan fingerprint density at radius 3 is 2.81 bits per heavy atom. The number of fused-ring (bicyclic) bond motifs is 3. The van der Waals surface area contributed by atoms with Gasteiger partial charge < -0.3 is 19.7 Å². The van der Waals surface area contributed by atoms with Gasteiger partial charge in [-0.05, 0) is 12.1 Å². The minimum atomic E-state index is -0.957. The molecule has 10 nitrogen and oxygen atoms in total. The summed E-state index contributed by atoms with van der Waals surface area (Å²) in [7, 11) is 0. The number of rotatable bonds is 4. The molecule has 0 bridgehead atoms. The van der Waals surface area contributed by atoms with E-state index in [9.17, 15) is 14.9 Å². The van der Waals surface area contributed by atoms with Gasteiger partial charge in [0.15, 0.2) is 0 Å². The number of benzene rings is 1. The lowest BCUT2D eigenvalue weighted by atomic mass is 10.1. The second-order valence-corrected chi connectivity index (χ2v) is 6.22. The van der Waals surface area contributed by atoms with E-state index in [1.54, 1.807) is 10.5 Å². The van der Waals surface area contributed by atoms with Crippen LogP contribution in [0.25, 0.3) is 16.7 Å². The molecule has 1 saturated heterocycles. The molecule has 138 valence electrons. The number of nitriles is 1. The number of H-pyrrole nitrogens is 1. The average molecular weight is 368 g/mol. The van der Waals surface area contributed by atoms with Gasteiger partial charge in [0.25, 0.3) is 5.56 Å². The van der Waals surface area contributed by atoms with Gasteiger partial charge in [-0.1, -0.05) is 0 Å². The highest BCUT2D eigenvalue weighted by atomic mass is 16.5. The molecule has 0 aliphatic carbocycles. The molecule has 0 spiro atoms. The number of aromatic amines is 1. The topological polar surface area (TPSA) is 137 Å². The number of nitrogens with zero attached hydrogens (tertiary/aromatic N) is 5. The maximum Gasteiger partial charge on any atom is 0.303 e. The molecular weight excluding hydrogens is 352 g/mol. The SMILES string of the molecule is N#Cc1cc2[nH]c(=O)c3nnc(CCC(=O)O)n3c2cc1N1CCOCC1. The van der Waals surface area contributed by atoms with Crippen molar-refractivity contribution in [2.24, 2.45) is 0 Å². The first-order chi connectivity index (χ1) is 13.1. The summed E-state index contributed by atoms with van der Waals surface area (Å²) in [6, 6.07) is 5.62. The van der Waals surface area contributed by atoms with Gasteiger partial charge in [-0.25, -0.2) is 0 Å². The van der Waals surface area contributed by atoms with Crippen LogP contribution in [0.4, 0.5) is 5.69 Å². The van der Waals surface area contributed by atoms with Crippen molar-refractivity contribution in [3.63, 3.8) is 0 Å². The Balaban J connectivity index is 1.96. The minimum Gasteiger partial charge on any atom is -0.481 e. The number of carbonyl (C=O) groups is 1. The van der Waals surface area contributed by atoms with Crippen molar-refractivity contribution in [1.82, 2.24) is 19.6 Å². The minimum absolute atomic E-state index is 0.0977. The largest absolute Gasteiger partial charge is 0.481 e. The van der Waals surface area contributed by atoms with Gasteiger partial charge in [-0.2, -0.15) is 5.26 Å². The molecule has 1 aliphatic rings. The molecule has 0 radical (unpaired) electrons. The number of carboxylic acid groups (broad SMARTS) is 1. The third-order valence-corrected chi connectivity index (χ3v) is 4.57. The average Bonchev–Trinajstić information content (AvgIpc) is 3.11. The zero-order chi connectivity index (χ0) is 19.0. The van der Waals surface area contributed by atoms with Crippen molar-refractivity contribution < 1.29 is 14.6 Å².